The molecule has 6 nitrogen and oxygen atoms in total. The van der Waals surface area contributed by atoms with E-state index < -0.39 is 11.9 Å². The van der Waals surface area contributed by atoms with Gasteiger partial charge in [0.25, 0.3) is 5.91 Å². The molecule has 2 heterocycles. The number of hydrogen-bond donors (Lipinski definition) is 1. The van der Waals surface area contributed by atoms with E-state index in [1.54, 1.807) is 5.01 Å². The van der Waals surface area contributed by atoms with Crippen molar-refractivity contribution in [2.75, 3.05) is 18.1 Å². The molecule has 1 saturated heterocycles. The van der Waals surface area contributed by atoms with Crippen LogP contribution in [0.1, 0.15) is 26.2 Å². The molecule has 3 rings (SSSR count). The Labute approximate surface area is 135 Å². The first-order valence-electron chi connectivity index (χ1n) is 8.06. The summed E-state index contributed by atoms with van der Waals surface area (Å²) in [5, 5.41) is 5.99. The minimum Gasteiger partial charge on any atom is -0.368 e. The Morgan fingerprint density at radius 1 is 1.26 bits per heavy atom. The highest BCUT2D eigenvalue weighted by atomic mass is 16.2. The number of anilines is 1. The molecule has 1 aromatic carbocycles. The Kier molecular flexibility index (Phi) is 4.32. The monoisotopic (exact) mass is 314 g/mol. The van der Waals surface area contributed by atoms with Gasteiger partial charge >= 0.3 is 0 Å². The zero-order valence-electron chi connectivity index (χ0n) is 13.3. The van der Waals surface area contributed by atoms with Gasteiger partial charge in [0, 0.05) is 19.5 Å². The molecule has 2 atom stereocenters. The number of carbonyl (C=O) groups is 2. The van der Waals surface area contributed by atoms with Gasteiger partial charge in [-0.2, -0.15) is 5.10 Å². The third-order valence-corrected chi connectivity index (χ3v) is 4.45. The maximum absolute atomic E-state index is 12.7. The van der Waals surface area contributed by atoms with Crippen LogP contribution in [0.4, 0.5) is 5.69 Å². The Morgan fingerprint density at radius 2 is 2.00 bits per heavy atom. The number of para-hydroxylation sites is 1. The van der Waals surface area contributed by atoms with Gasteiger partial charge in [0.05, 0.1) is 5.69 Å². The summed E-state index contributed by atoms with van der Waals surface area (Å²) in [6.07, 6.45) is 2.44. The average molecular weight is 314 g/mol. The van der Waals surface area contributed by atoms with Crippen molar-refractivity contribution in [3.63, 3.8) is 0 Å². The SMILES string of the molecule is CC1CCCN(C(=O)C2=NN(c3ccccc3)C(C(N)=O)C2)C1. The predicted octanol–water partition coefficient (Wildman–Crippen LogP) is 1.37. The topological polar surface area (TPSA) is 79.0 Å². The minimum absolute atomic E-state index is 0.0683. The van der Waals surface area contributed by atoms with Crippen LogP contribution in [0.2, 0.25) is 0 Å². The molecule has 1 fully saturated rings. The van der Waals surface area contributed by atoms with E-state index >= 15 is 0 Å². The molecule has 0 saturated carbocycles. The highest BCUT2D eigenvalue weighted by molar-refractivity contribution is 6.40. The Morgan fingerprint density at radius 3 is 2.65 bits per heavy atom. The van der Waals surface area contributed by atoms with E-state index in [1.807, 2.05) is 35.2 Å². The van der Waals surface area contributed by atoms with Gasteiger partial charge < -0.3 is 10.6 Å². The second-order valence-corrected chi connectivity index (χ2v) is 6.35. The molecule has 2 unspecified atom stereocenters. The smallest absolute Gasteiger partial charge is 0.270 e. The number of likely N-dealkylation sites (tertiary alicyclic amines) is 1. The van der Waals surface area contributed by atoms with Gasteiger partial charge in [-0.3, -0.25) is 14.6 Å². The number of nitrogens with two attached hydrogens (primary N) is 1. The van der Waals surface area contributed by atoms with E-state index in [1.165, 1.54) is 0 Å². The van der Waals surface area contributed by atoms with E-state index in [2.05, 4.69) is 12.0 Å². The van der Waals surface area contributed by atoms with Gasteiger partial charge in [-0.25, -0.2) is 0 Å². The lowest BCUT2D eigenvalue weighted by molar-refractivity contribution is -0.125. The second-order valence-electron chi connectivity index (χ2n) is 6.35. The van der Waals surface area contributed by atoms with Crippen molar-refractivity contribution in [1.82, 2.24) is 4.90 Å². The van der Waals surface area contributed by atoms with E-state index in [0.717, 1.165) is 31.6 Å². The molecule has 2 amide bonds. The number of nitrogens with zero attached hydrogens (tertiary/aromatic N) is 3. The van der Waals surface area contributed by atoms with Gasteiger partial charge in [0.1, 0.15) is 11.8 Å². The maximum atomic E-state index is 12.7. The lowest BCUT2D eigenvalue weighted by atomic mass is 9.99. The summed E-state index contributed by atoms with van der Waals surface area (Å²) in [5.41, 5.74) is 6.70. The Hall–Kier alpha value is -2.37. The highest BCUT2D eigenvalue weighted by Crippen LogP contribution is 2.25. The van der Waals surface area contributed by atoms with Crippen molar-refractivity contribution in [1.29, 1.82) is 0 Å². The zero-order valence-corrected chi connectivity index (χ0v) is 13.3. The lowest BCUT2D eigenvalue weighted by Crippen LogP contribution is -2.43. The molecule has 2 N–H and O–H groups in total. The van der Waals surface area contributed by atoms with Crippen molar-refractivity contribution in [3.05, 3.63) is 30.3 Å². The number of benzene rings is 1. The van der Waals surface area contributed by atoms with E-state index in [4.69, 9.17) is 5.73 Å². The van der Waals surface area contributed by atoms with Crippen molar-refractivity contribution in [3.8, 4) is 0 Å². The molecule has 6 heteroatoms. The summed E-state index contributed by atoms with van der Waals surface area (Å²) in [7, 11) is 0. The fourth-order valence-corrected chi connectivity index (χ4v) is 3.24. The van der Waals surface area contributed by atoms with Crippen molar-refractivity contribution < 1.29 is 9.59 Å². The quantitative estimate of drug-likeness (QED) is 0.915. The standard InChI is InChI=1S/C17H22N4O2/c1-12-6-5-9-20(11-12)17(23)14-10-15(16(18)22)21(19-14)13-7-3-2-4-8-13/h2-4,7-8,12,15H,5-6,9-11H2,1H3,(H2,18,22). The largest absolute Gasteiger partial charge is 0.368 e. The van der Waals surface area contributed by atoms with Crippen molar-refractivity contribution >= 4 is 23.2 Å². The summed E-state index contributed by atoms with van der Waals surface area (Å²) in [6.45, 7) is 3.66. The molecule has 0 bridgehead atoms. The number of amides is 2. The number of piperidine rings is 1. The molecule has 23 heavy (non-hydrogen) atoms. The number of hydrazone groups is 1. The van der Waals surface area contributed by atoms with Crippen LogP contribution in [0.3, 0.4) is 0 Å². The molecular weight excluding hydrogens is 292 g/mol. The van der Waals surface area contributed by atoms with Gasteiger partial charge in [-0.1, -0.05) is 25.1 Å². The number of carbonyl (C=O) groups excluding carboxylic acids is 2. The van der Waals surface area contributed by atoms with Gasteiger partial charge in [0.15, 0.2) is 0 Å². The van der Waals surface area contributed by atoms with E-state index in [9.17, 15) is 9.59 Å². The first kappa shape index (κ1) is 15.5. The number of primary amides is 1. The zero-order chi connectivity index (χ0) is 16.4. The molecule has 122 valence electrons. The highest BCUT2D eigenvalue weighted by Gasteiger charge is 2.37. The molecular formula is C17H22N4O2. The predicted molar refractivity (Wildman–Crippen MR) is 88.9 cm³/mol. The van der Waals surface area contributed by atoms with Gasteiger partial charge in [-0.05, 0) is 30.9 Å². The van der Waals surface area contributed by atoms with Crippen LogP contribution in [0.5, 0.6) is 0 Å². The van der Waals surface area contributed by atoms with Crippen LogP contribution >= 0.6 is 0 Å². The Bertz CT molecular complexity index is 629. The fraction of sp³-hybridized carbons (Fsp3) is 0.471. The third-order valence-electron chi connectivity index (χ3n) is 4.45. The molecule has 0 radical (unpaired) electrons. The Balaban J connectivity index is 1.82. The van der Waals surface area contributed by atoms with Gasteiger partial charge in [-0.15, -0.1) is 0 Å². The summed E-state index contributed by atoms with van der Waals surface area (Å²) in [6, 6.07) is 8.75. The van der Waals surface area contributed by atoms with Crippen LogP contribution in [0, 0.1) is 5.92 Å². The molecule has 1 aromatic rings. The minimum atomic E-state index is -0.599. The number of rotatable bonds is 3. The van der Waals surface area contributed by atoms with E-state index in [0.29, 0.717) is 11.6 Å². The second kappa shape index (κ2) is 6.40. The van der Waals surface area contributed by atoms with Crippen LogP contribution in [0.15, 0.2) is 35.4 Å². The van der Waals surface area contributed by atoms with Crippen LogP contribution in [0.25, 0.3) is 0 Å². The summed E-state index contributed by atoms with van der Waals surface area (Å²) in [5.74, 6) is -0.0273. The molecule has 0 aliphatic carbocycles. The lowest BCUT2D eigenvalue weighted by Gasteiger charge is -2.30. The summed E-state index contributed by atoms with van der Waals surface area (Å²) < 4.78 is 0. The summed E-state index contributed by atoms with van der Waals surface area (Å²) >= 11 is 0. The molecule has 0 spiro atoms. The maximum Gasteiger partial charge on any atom is 0.270 e. The first-order chi connectivity index (χ1) is 11.1. The van der Waals surface area contributed by atoms with Crippen molar-refractivity contribution in [2.45, 2.75) is 32.2 Å². The van der Waals surface area contributed by atoms with Crippen LogP contribution in [-0.2, 0) is 9.59 Å². The third kappa shape index (κ3) is 3.21. The molecule has 2 aliphatic rings. The molecule has 0 aromatic heterocycles. The fourth-order valence-electron chi connectivity index (χ4n) is 3.24. The van der Waals surface area contributed by atoms with Gasteiger partial charge in [0.2, 0.25) is 5.91 Å². The van der Waals surface area contributed by atoms with Crippen LogP contribution < -0.4 is 10.7 Å². The normalized spacial score (nSPS) is 24.5. The first-order valence-corrected chi connectivity index (χ1v) is 8.06. The summed E-state index contributed by atoms with van der Waals surface area (Å²) in [4.78, 5) is 26.3. The average Bonchev–Trinajstić information content (AvgIpc) is 3.00. The molecule has 2 aliphatic heterocycles. The van der Waals surface area contributed by atoms with Crippen LogP contribution in [-0.4, -0.2) is 41.6 Å². The number of hydrogen-bond acceptors (Lipinski definition) is 4. The van der Waals surface area contributed by atoms with Crippen molar-refractivity contribution in [2.24, 2.45) is 16.8 Å². The van der Waals surface area contributed by atoms with E-state index in [-0.39, 0.29) is 12.3 Å².